The second kappa shape index (κ2) is 5.14. The van der Waals surface area contributed by atoms with Crippen LogP contribution in [-0.4, -0.2) is 61.2 Å². The van der Waals surface area contributed by atoms with Crippen LogP contribution in [0.4, 0.5) is 5.69 Å². The zero-order valence-electron chi connectivity index (χ0n) is 10.5. The van der Waals surface area contributed by atoms with E-state index in [1.54, 1.807) is 12.1 Å². The molecule has 0 bridgehead atoms. The molecule has 104 valence electrons. The van der Waals surface area contributed by atoms with Crippen LogP contribution in [0.25, 0.3) is 0 Å². The highest BCUT2D eigenvalue weighted by atomic mass is 32.2. The Labute approximate surface area is 111 Å². The van der Waals surface area contributed by atoms with E-state index in [1.807, 2.05) is 4.90 Å². The molecule has 1 aromatic heterocycles. The lowest BCUT2D eigenvalue weighted by Crippen LogP contribution is -2.48. The van der Waals surface area contributed by atoms with Crippen molar-refractivity contribution < 1.29 is 18.3 Å². The van der Waals surface area contributed by atoms with E-state index in [-0.39, 0.29) is 5.69 Å². The van der Waals surface area contributed by atoms with Gasteiger partial charge in [0.1, 0.15) is 0 Å². The number of carboxylic acid groups (broad SMARTS) is 1. The van der Waals surface area contributed by atoms with Gasteiger partial charge in [-0.15, -0.1) is 0 Å². The van der Waals surface area contributed by atoms with Crippen molar-refractivity contribution in [1.29, 1.82) is 0 Å². The van der Waals surface area contributed by atoms with Crippen LogP contribution in [0.2, 0.25) is 0 Å². The van der Waals surface area contributed by atoms with E-state index >= 15 is 0 Å². The lowest BCUT2D eigenvalue weighted by molar-refractivity contribution is 0.0691. The van der Waals surface area contributed by atoms with Gasteiger partial charge in [-0.1, -0.05) is 0 Å². The zero-order valence-corrected chi connectivity index (χ0v) is 11.3. The molecule has 7 nitrogen and oxygen atoms in total. The van der Waals surface area contributed by atoms with Crippen molar-refractivity contribution in [2.24, 2.45) is 0 Å². The number of aromatic nitrogens is 1. The molecule has 0 atom stereocenters. The van der Waals surface area contributed by atoms with Crippen molar-refractivity contribution in [3.63, 3.8) is 0 Å². The number of hydrogen-bond acceptors (Lipinski definition) is 5. The van der Waals surface area contributed by atoms with Gasteiger partial charge in [-0.25, -0.2) is 18.2 Å². The molecule has 1 aliphatic heterocycles. The molecule has 8 heteroatoms. The standard InChI is InChI=1S/C11H15N3O4S/c1-19(17,18)14-7-5-13(6-8-14)9-3-2-4-12-10(9)11(15)16/h2-4H,5-8H2,1H3,(H,15,16). The van der Waals surface area contributed by atoms with Crippen molar-refractivity contribution in [2.45, 2.75) is 0 Å². The van der Waals surface area contributed by atoms with E-state index in [0.717, 1.165) is 0 Å². The second-order valence-corrected chi connectivity index (χ2v) is 6.31. The van der Waals surface area contributed by atoms with Gasteiger partial charge in [-0.05, 0) is 12.1 Å². The summed E-state index contributed by atoms with van der Waals surface area (Å²) in [5.74, 6) is -1.08. The number of aromatic carboxylic acids is 1. The molecule has 1 saturated heterocycles. The number of carboxylic acids is 1. The lowest BCUT2D eigenvalue weighted by Gasteiger charge is -2.34. The van der Waals surface area contributed by atoms with Gasteiger partial charge in [0.2, 0.25) is 10.0 Å². The molecular formula is C11H15N3O4S. The highest BCUT2D eigenvalue weighted by molar-refractivity contribution is 7.88. The fourth-order valence-electron chi connectivity index (χ4n) is 2.08. The van der Waals surface area contributed by atoms with Gasteiger partial charge < -0.3 is 10.0 Å². The maximum atomic E-state index is 11.4. The second-order valence-electron chi connectivity index (χ2n) is 4.33. The molecule has 2 heterocycles. The number of pyridine rings is 1. The summed E-state index contributed by atoms with van der Waals surface area (Å²) < 4.78 is 24.2. The molecule has 1 fully saturated rings. The Kier molecular flexibility index (Phi) is 3.72. The summed E-state index contributed by atoms with van der Waals surface area (Å²) in [4.78, 5) is 16.8. The van der Waals surface area contributed by atoms with E-state index in [9.17, 15) is 13.2 Å². The van der Waals surface area contributed by atoms with Crippen molar-refractivity contribution in [1.82, 2.24) is 9.29 Å². The monoisotopic (exact) mass is 285 g/mol. The maximum Gasteiger partial charge on any atom is 0.356 e. The van der Waals surface area contributed by atoms with Crippen LogP contribution in [0.3, 0.4) is 0 Å². The minimum Gasteiger partial charge on any atom is -0.476 e. The van der Waals surface area contributed by atoms with E-state index in [1.165, 1.54) is 16.8 Å². The van der Waals surface area contributed by atoms with Crippen molar-refractivity contribution >= 4 is 21.7 Å². The lowest BCUT2D eigenvalue weighted by atomic mass is 10.2. The van der Waals surface area contributed by atoms with Gasteiger partial charge in [0.15, 0.2) is 5.69 Å². The number of nitrogens with zero attached hydrogens (tertiary/aromatic N) is 3. The van der Waals surface area contributed by atoms with Crippen LogP contribution in [0.1, 0.15) is 10.5 Å². The molecular weight excluding hydrogens is 270 g/mol. The van der Waals surface area contributed by atoms with Crippen LogP contribution < -0.4 is 4.90 Å². The maximum absolute atomic E-state index is 11.4. The summed E-state index contributed by atoms with van der Waals surface area (Å²) in [6.45, 7) is 1.62. The number of carbonyl (C=O) groups is 1. The van der Waals surface area contributed by atoms with E-state index in [2.05, 4.69) is 4.98 Å². The Hall–Kier alpha value is -1.67. The Morgan fingerprint density at radius 3 is 2.47 bits per heavy atom. The first-order valence-corrected chi connectivity index (χ1v) is 7.63. The molecule has 0 radical (unpaired) electrons. The van der Waals surface area contributed by atoms with E-state index in [0.29, 0.717) is 31.9 Å². The van der Waals surface area contributed by atoms with Crippen LogP contribution in [-0.2, 0) is 10.0 Å². The average Bonchev–Trinajstić information content (AvgIpc) is 2.38. The molecule has 1 N–H and O–H groups in total. The Morgan fingerprint density at radius 2 is 1.95 bits per heavy atom. The quantitative estimate of drug-likeness (QED) is 0.831. The summed E-state index contributed by atoms with van der Waals surface area (Å²) >= 11 is 0. The molecule has 19 heavy (non-hydrogen) atoms. The average molecular weight is 285 g/mol. The molecule has 2 rings (SSSR count). The number of anilines is 1. The SMILES string of the molecule is CS(=O)(=O)N1CCN(c2cccnc2C(=O)O)CC1. The van der Waals surface area contributed by atoms with E-state index in [4.69, 9.17) is 5.11 Å². The number of piperazine rings is 1. The molecule has 0 unspecified atom stereocenters. The largest absolute Gasteiger partial charge is 0.476 e. The van der Waals surface area contributed by atoms with Crippen molar-refractivity contribution in [3.8, 4) is 0 Å². The van der Waals surface area contributed by atoms with Gasteiger partial charge in [0.05, 0.1) is 11.9 Å². The molecule has 0 saturated carbocycles. The Balaban J connectivity index is 2.16. The summed E-state index contributed by atoms with van der Waals surface area (Å²) in [5, 5.41) is 9.08. The summed E-state index contributed by atoms with van der Waals surface area (Å²) in [5.41, 5.74) is 0.526. The molecule has 0 aliphatic carbocycles. The molecule has 0 aromatic carbocycles. The highest BCUT2D eigenvalue weighted by Gasteiger charge is 2.25. The van der Waals surface area contributed by atoms with Crippen LogP contribution >= 0.6 is 0 Å². The van der Waals surface area contributed by atoms with Gasteiger partial charge in [-0.3, -0.25) is 0 Å². The Bertz CT molecular complexity index is 579. The number of sulfonamides is 1. The van der Waals surface area contributed by atoms with E-state index < -0.39 is 16.0 Å². The smallest absolute Gasteiger partial charge is 0.356 e. The predicted octanol–water partition coefficient (Wildman–Crippen LogP) is -0.139. The molecule has 0 spiro atoms. The minimum absolute atomic E-state index is 0.00435. The summed E-state index contributed by atoms with van der Waals surface area (Å²) in [7, 11) is -3.18. The molecule has 0 amide bonds. The minimum atomic E-state index is -3.18. The fourth-order valence-corrected chi connectivity index (χ4v) is 2.90. The molecule has 1 aromatic rings. The van der Waals surface area contributed by atoms with Gasteiger partial charge in [0.25, 0.3) is 0 Å². The van der Waals surface area contributed by atoms with Gasteiger partial charge >= 0.3 is 5.97 Å². The first-order valence-electron chi connectivity index (χ1n) is 5.78. The number of rotatable bonds is 3. The summed E-state index contributed by atoms with van der Waals surface area (Å²) in [6.07, 6.45) is 2.61. The van der Waals surface area contributed by atoms with Crippen molar-refractivity contribution in [3.05, 3.63) is 24.0 Å². The van der Waals surface area contributed by atoms with Crippen LogP contribution in [0.5, 0.6) is 0 Å². The third-order valence-corrected chi connectivity index (χ3v) is 4.34. The first-order chi connectivity index (χ1) is 8.89. The van der Waals surface area contributed by atoms with Crippen LogP contribution in [0.15, 0.2) is 18.3 Å². The third kappa shape index (κ3) is 3.02. The highest BCUT2D eigenvalue weighted by Crippen LogP contribution is 2.20. The fraction of sp³-hybridized carbons (Fsp3) is 0.455. The summed E-state index contributed by atoms with van der Waals surface area (Å²) in [6, 6.07) is 3.36. The first kappa shape index (κ1) is 13.8. The predicted molar refractivity (Wildman–Crippen MR) is 69.8 cm³/mol. The topological polar surface area (TPSA) is 90.8 Å². The Morgan fingerprint density at radius 1 is 1.32 bits per heavy atom. The van der Waals surface area contributed by atoms with Crippen LogP contribution in [0, 0.1) is 0 Å². The zero-order chi connectivity index (χ0) is 14.0. The molecule has 1 aliphatic rings. The normalized spacial score (nSPS) is 17.4. The van der Waals surface area contributed by atoms with Gasteiger partial charge in [-0.2, -0.15) is 4.31 Å². The van der Waals surface area contributed by atoms with Crippen molar-refractivity contribution in [2.75, 3.05) is 37.3 Å². The third-order valence-electron chi connectivity index (χ3n) is 3.04. The van der Waals surface area contributed by atoms with Gasteiger partial charge in [0, 0.05) is 32.4 Å². The number of hydrogen-bond donors (Lipinski definition) is 1.